The minimum absolute atomic E-state index is 0.494. The van der Waals surface area contributed by atoms with Gasteiger partial charge in [-0.25, -0.2) is 0 Å². The summed E-state index contributed by atoms with van der Waals surface area (Å²) in [6.45, 7) is 24.1. The Morgan fingerprint density at radius 2 is 1.00 bits per heavy atom. The molecule has 5 rings (SSSR count). The van der Waals surface area contributed by atoms with Gasteiger partial charge in [0, 0.05) is 24.5 Å². The summed E-state index contributed by atoms with van der Waals surface area (Å²) in [5.41, 5.74) is 11.8. The van der Waals surface area contributed by atoms with Crippen LogP contribution in [0.3, 0.4) is 0 Å². The number of para-hydroxylation sites is 4. The van der Waals surface area contributed by atoms with Crippen LogP contribution in [0.5, 0.6) is 0 Å². The van der Waals surface area contributed by atoms with Gasteiger partial charge in [-0.05, 0) is 45.9 Å². The second kappa shape index (κ2) is 17.1. The van der Waals surface area contributed by atoms with E-state index in [9.17, 15) is 0 Å². The van der Waals surface area contributed by atoms with E-state index >= 15 is 0 Å². The maximum absolute atomic E-state index is 5.97. The van der Waals surface area contributed by atoms with Crippen molar-refractivity contribution >= 4 is 46.7 Å². The Labute approximate surface area is 298 Å². The molecule has 3 nitrogen and oxygen atoms in total. The zero-order valence-corrected chi connectivity index (χ0v) is 32.7. The van der Waals surface area contributed by atoms with Crippen LogP contribution >= 0.6 is 19.4 Å². The van der Waals surface area contributed by atoms with E-state index in [1.807, 2.05) is 48.1 Å². The van der Waals surface area contributed by atoms with Crippen LogP contribution in [0.15, 0.2) is 91.0 Å². The standard InChI is InChI=1S/C27H38N2.C14H13N.2ClH.Ru/c1-18(2)22-11-9-12-23(19(3)4)26(22)28-15-16-29(17-28)27-24(20(5)6)13-10-14-25(27)21(7)8;1-12-8-6-7-11-14(12)15(2)13-9-4-3-5-10-13;;;/h9-14,18-21H,15-16H2,1-8H3;1,3-11H,2H3;2*1H;/q;;;;+2/p-2. The van der Waals surface area contributed by atoms with E-state index in [0.29, 0.717) is 23.7 Å². The Morgan fingerprint density at radius 1 is 0.596 bits per heavy atom. The zero-order chi connectivity index (χ0) is 34.2. The van der Waals surface area contributed by atoms with Gasteiger partial charge in [-0.1, -0.05) is 91.8 Å². The first kappa shape index (κ1) is 37.2. The molecule has 0 atom stereocenters. The average Bonchev–Trinajstić information content (AvgIpc) is 3.54. The minimum atomic E-state index is -1.81. The molecule has 0 spiro atoms. The van der Waals surface area contributed by atoms with Crippen LogP contribution in [0.25, 0.3) is 0 Å². The molecule has 0 amide bonds. The summed E-state index contributed by atoms with van der Waals surface area (Å²) in [7, 11) is 14.0. The molecule has 2 radical (unpaired) electrons. The van der Waals surface area contributed by atoms with Crippen molar-refractivity contribution in [1.82, 2.24) is 0 Å². The zero-order valence-electron chi connectivity index (χ0n) is 29.4. The first-order valence-electron chi connectivity index (χ1n) is 16.7. The predicted molar refractivity (Wildman–Crippen MR) is 205 cm³/mol. The Bertz CT molecular complexity index is 1510. The molecular formula is C41H51Cl2N3Ru. The molecular weight excluding hydrogens is 706 g/mol. The fraction of sp³-hybridized carbons (Fsp3) is 0.366. The molecule has 0 N–H and O–H groups in total. The molecule has 0 aromatic heterocycles. The summed E-state index contributed by atoms with van der Waals surface area (Å²) in [6.07, 6.45) is 0. The Balaban J connectivity index is 0.000000238. The van der Waals surface area contributed by atoms with Gasteiger partial charge in [0.25, 0.3) is 0 Å². The van der Waals surface area contributed by atoms with Crippen molar-refractivity contribution in [3.05, 3.63) is 125 Å². The summed E-state index contributed by atoms with van der Waals surface area (Å²) >= 11 is -1.81. The van der Waals surface area contributed by atoms with Crippen molar-refractivity contribution in [1.29, 1.82) is 0 Å². The molecule has 1 fully saturated rings. The summed E-state index contributed by atoms with van der Waals surface area (Å²) in [4.78, 5) is 6.90. The van der Waals surface area contributed by atoms with Crippen LogP contribution in [-0.4, -0.2) is 24.7 Å². The number of hydrogen-bond donors (Lipinski definition) is 0. The average molecular weight is 758 g/mol. The quantitative estimate of drug-likeness (QED) is 0.157. The van der Waals surface area contributed by atoms with Crippen molar-refractivity contribution in [2.24, 2.45) is 0 Å². The van der Waals surface area contributed by atoms with Gasteiger partial charge in [0.1, 0.15) is 0 Å². The van der Waals surface area contributed by atoms with E-state index in [4.69, 9.17) is 19.4 Å². The monoisotopic (exact) mass is 757 g/mol. The van der Waals surface area contributed by atoms with E-state index in [1.165, 1.54) is 33.6 Å². The van der Waals surface area contributed by atoms with Crippen molar-refractivity contribution in [3.8, 4) is 0 Å². The maximum atomic E-state index is 5.97. The first-order valence-corrected chi connectivity index (χ1v) is 22.2. The van der Waals surface area contributed by atoms with Crippen molar-refractivity contribution in [3.63, 3.8) is 0 Å². The molecule has 0 saturated carbocycles. The molecule has 4 aromatic carbocycles. The normalized spacial score (nSPS) is 13.4. The number of nitrogens with zero attached hydrogens (tertiary/aromatic N) is 3. The van der Waals surface area contributed by atoms with Gasteiger partial charge in [-0.15, -0.1) is 0 Å². The van der Waals surface area contributed by atoms with Gasteiger partial charge >= 0.3 is 121 Å². The van der Waals surface area contributed by atoms with E-state index < -0.39 is 13.5 Å². The molecule has 47 heavy (non-hydrogen) atoms. The third-order valence-electron chi connectivity index (χ3n) is 8.64. The number of anilines is 4. The van der Waals surface area contributed by atoms with Crippen LogP contribution in [0.2, 0.25) is 0 Å². The summed E-state index contributed by atoms with van der Waals surface area (Å²) < 4.78 is 1.97. The SMILES string of the molecule is CC(C)c1cccc(C(C)C)c1N1[C]N(c2c(C(C)C)cccc2C(C)C)CC1.CN(c1ccccc1)c1ccccc1[CH]=[Ru]([Cl])[Cl]. The van der Waals surface area contributed by atoms with Gasteiger partial charge in [-0.2, -0.15) is 0 Å². The van der Waals surface area contributed by atoms with E-state index in [0.717, 1.165) is 30.0 Å². The predicted octanol–water partition coefficient (Wildman–Crippen LogP) is 12.0. The molecule has 252 valence electrons. The number of benzene rings is 4. The molecule has 1 saturated heterocycles. The molecule has 4 aromatic rings. The third kappa shape index (κ3) is 9.29. The first-order chi connectivity index (χ1) is 22.4. The third-order valence-corrected chi connectivity index (χ3v) is 10.5. The molecule has 0 bridgehead atoms. The van der Waals surface area contributed by atoms with Gasteiger partial charge in [0.05, 0.1) is 0 Å². The van der Waals surface area contributed by atoms with Crippen LogP contribution in [0.4, 0.5) is 22.7 Å². The fourth-order valence-corrected chi connectivity index (χ4v) is 7.99. The Morgan fingerprint density at radius 3 is 1.40 bits per heavy atom. The Kier molecular flexibility index (Phi) is 13.6. The van der Waals surface area contributed by atoms with Crippen LogP contribution in [0, 0.1) is 6.67 Å². The molecule has 1 aliphatic heterocycles. The number of rotatable bonds is 9. The Hall–Kier alpha value is -2.65. The van der Waals surface area contributed by atoms with E-state index in [-0.39, 0.29) is 0 Å². The van der Waals surface area contributed by atoms with Gasteiger partial charge < -0.3 is 9.80 Å². The van der Waals surface area contributed by atoms with Crippen molar-refractivity contribution in [2.75, 3.05) is 34.8 Å². The van der Waals surface area contributed by atoms with Crippen molar-refractivity contribution in [2.45, 2.75) is 79.1 Å². The van der Waals surface area contributed by atoms with Gasteiger partial charge in [-0.3, -0.25) is 0 Å². The van der Waals surface area contributed by atoms with Crippen LogP contribution in [-0.2, 0) is 13.5 Å². The second-order valence-electron chi connectivity index (χ2n) is 13.4. The molecule has 6 heteroatoms. The summed E-state index contributed by atoms with van der Waals surface area (Å²) in [5.74, 6) is 1.98. The molecule has 0 aliphatic carbocycles. The van der Waals surface area contributed by atoms with E-state index in [1.54, 1.807) is 0 Å². The molecule has 1 aliphatic rings. The van der Waals surface area contributed by atoms with E-state index in [2.05, 4.69) is 131 Å². The molecule has 1 heterocycles. The van der Waals surface area contributed by atoms with Crippen LogP contribution < -0.4 is 14.7 Å². The topological polar surface area (TPSA) is 9.72 Å². The van der Waals surface area contributed by atoms with Crippen molar-refractivity contribution < 1.29 is 13.5 Å². The molecule has 0 unspecified atom stereocenters. The second-order valence-corrected chi connectivity index (χ2v) is 19.1. The van der Waals surface area contributed by atoms with Gasteiger partial charge in [0.2, 0.25) is 6.67 Å². The summed E-state index contributed by atoms with van der Waals surface area (Å²) in [6, 6.07) is 31.9. The number of halogens is 2. The number of hydrogen-bond acceptors (Lipinski definition) is 3. The van der Waals surface area contributed by atoms with Crippen LogP contribution in [0.1, 0.15) is 107 Å². The summed E-state index contributed by atoms with van der Waals surface area (Å²) in [5, 5.41) is 0. The fourth-order valence-electron chi connectivity index (χ4n) is 6.17. The van der Waals surface area contributed by atoms with Gasteiger partial charge in [0.15, 0.2) is 0 Å².